The molecule has 7 nitrogen and oxygen atoms in total. The lowest BCUT2D eigenvalue weighted by molar-refractivity contribution is 0.00678. The third kappa shape index (κ3) is 5.23. The van der Waals surface area contributed by atoms with E-state index in [9.17, 15) is 13.2 Å². The molecule has 2 saturated heterocycles. The van der Waals surface area contributed by atoms with Crippen LogP contribution in [0.1, 0.15) is 43.6 Å². The molecular weight excluding hydrogens is 388 g/mol. The topological polar surface area (TPSA) is 73.8 Å². The Labute approximate surface area is 175 Å². The number of Topliss-reactive ketones (excluding diaryl/α,β-unsaturated/α-hetero) is 1. The summed E-state index contributed by atoms with van der Waals surface area (Å²) in [5.41, 5.74) is -0.192. The number of piperidine rings is 1. The van der Waals surface area contributed by atoms with Crippen LogP contribution in [0.4, 0.5) is 0 Å². The zero-order valence-electron chi connectivity index (χ0n) is 17.9. The van der Waals surface area contributed by atoms with Crippen molar-refractivity contribution in [2.24, 2.45) is 5.92 Å². The highest BCUT2D eigenvalue weighted by Crippen LogP contribution is 2.34. The molecule has 8 heteroatoms. The highest BCUT2D eigenvalue weighted by molar-refractivity contribution is 7.88. The molecule has 3 rings (SSSR count). The lowest BCUT2D eigenvalue weighted by Gasteiger charge is -2.50. The predicted octanol–water partition coefficient (Wildman–Crippen LogP) is 1.72. The Morgan fingerprint density at radius 2 is 1.76 bits per heavy atom. The first-order chi connectivity index (χ1) is 13.7. The highest BCUT2D eigenvalue weighted by atomic mass is 32.2. The summed E-state index contributed by atoms with van der Waals surface area (Å²) < 4.78 is 25.5. The number of piperazine rings is 1. The summed E-state index contributed by atoms with van der Waals surface area (Å²) in [5, 5.41) is 0. The molecule has 29 heavy (non-hydrogen) atoms. The molecule has 162 valence electrons. The maximum atomic E-state index is 13.6. The first-order valence-corrected chi connectivity index (χ1v) is 12.5. The van der Waals surface area contributed by atoms with Gasteiger partial charge in [-0.3, -0.25) is 14.7 Å². The van der Waals surface area contributed by atoms with Gasteiger partial charge in [-0.25, -0.2) is 12.7 Å². The van der Waals surface area contributed by atoms with Gasteiger partial charge in [0.1, 0.15) is 5.69 Å². The quantitative estimate of drug-likeness (QED) is 0.623. The Hall–Kier alpha value is -1.35. The second-order valence-electron chi connectivity index (χ2n) is 8.75. The average Bonchev–Trinajstić information content (AvgIpc) is 2.72. The number of pyridine rings is 1. The molecule has 0 bridgehead atoms. The van der Waals surface area contributed by atoms with Crippen molar-refractivity contribution >= 4 is 15.8 Å². The van der Waals surface area contributed by atoms with E-state index in [4.69, 9.17) is 0 Å². The van der Waals surface area contributed by atoms with Gasteiger partial charge in [0.25, 0.3) is 0 Å². The smallest absolute Gasteiger partial charge is 0.211 e. The van der Waals surface area contributed by atoms with E-state index in [2.05, 4.69) is 28.6 Å². The van der Waals surface area contributed by atoms with E-state index < -0.39 is 15.6 Å². The molecule has 2 aliphatic heterocycles. The molecule has 2 aliphatic rings. The van der Waals surface area contributed by atoms with E-state index in [1.807, 2.05) is 12.1 Å². The Bertz CT molecular complexity index is 781. The number of carbonyl (C=O) groups is 1. The van der Waals surface area contributed by atoms with Gasteiger partial charge in [0.15, 0.2) is 0 Å². The van der Waals surface area contributed by atoms with Crippen molar-refractivity contribution < 1.29 is 13.2 Å². The maximum absolute atomic E-state index is 13.6. The van der Waals surface area contributed by atoms with Crippen LogP contribution in [0.25, 0.3) is 0 Å². The largest absolute Gasteiger partial charge is 0.301 e. The van der Waals surface area contributed by atoms with Crippen LogP contribution >= 0.6 is 0 Å². The first kappa shape index (κ1) is 22.3. The van der Waals surface area contributed by atoms with Gasteiger partial charge in [-0.15, -0.1) is 0 Å². The molecule has 1 aromatic rings. The van der Waals surface area contributed by atoms with Gasteiger partial charge in [-0.1, -0.05) is 19.9 Å². The fourth-order valence-corrected chi connectivity index (χ4v) is 5.30. The molecule has 0 N–H and O–H groups in total. The molecule has 0 spiro atoms. The predicted molar refractivity (Wildman–Crippen MR) is 114 cm³/mol. The van der Waals surface area contributed by atoms with E-state index in [1.165, 1.54) is 17.0 Å². The first-order valence-electron chi connectivity index (χ1n) is 10.6. The molecule has 0 aromatic carbocycles. The molecule has 0 radical (unpaired) electrons. The number of rotatable bonds is 7. The van der Waals surface area contributed by atoms with E-state index in [-0.39, 0.29) is 5.78 Å². The summed E-state index contributed by atoms with van der Waals surface area (Å²) in [5.74, 6) is 0.715. The second kappa shape index (κ2) is 9.20. The summed E-state index contributed by atoms with van der Waals surface area (Å²) in [6.07, 6.45) is 5.11. The molecule has 0 saturated carbocycles. The van der Waals surface area contributed by atoms with Crippen LogP contribution in [0, 0.1) is 5.92 Å². The lowest BCUT2D eigenvalue weighted by atomic mass is 9.80. The normalized spacial score (nSPS) is 22.1. The Morgan fingerprint density at radius 3 is 2.28 bits per heavy atom. The Balaban J connectivity index is 1.77. The third-order valence-corrected chi connectivity index (χ3v) is 7.64. The summed E-state index contributed by atoms with van der Waals surface area (Å²) >= 11 is 0. The molecule has 0 aliphatic carbocycles. The van der Waals surface area contributed by atoms with Crippen LogP contribution in [0.3, 0.4) is 0 Å². The van der Waals surface area contributed by atoms with E-state index in [1.54, 1.807) is 12.3 Å². The maximum Gasteiger partial charge on any atom is 0.211 e. The van der Waals surface area contributed by atoms with E-state index in [0.29, 0.717) is 37.5 Å². The zero-order chi connectivity index (χ0) is 21.1. The van der Waals surface area contributed by atoms with E-state index >= 15 is 0 Å². The number of ketones is 1. The van der Waals surface area contributed by atoms with Crippen molar-refractivity contribution in [1.29, 1.82) is 0 Å². The van der Waals surface area contributed by atoms with Crippen molar-refractivity contribution in [2.75, 3.05) is 52.1 Å². The summed E-state index contributed by atoms with van der Waals surface area (Å²) in [6.45, 7) is 9.88. The fourth-order valence-electron chi connectivity index (χ4n) is 4.45. The lowest BCUT2D eigenvalue weighted by Crippen LogP contribution is -2.64. The number of nitrogens with zero attached hydrogens (tertiary/aromatic N) is 4. The summed E-state index contributed by atoms with van der Waals surface area (Å²) in [4.78, 5) is 22.7. The number of hydrogen-bond donors (Lipinski definition) is 0. The van der Waals surface area contributed by atoms with Crippen LogP contribution in [0.2, 0.25) is 0 Å². The monoisotopic (exact) mass is 422 g/mol. The molecule has 0 unspecified atom stereocenters. The van der Waals surface area contributed by atoms with Gasteiger partial charge in [0.2, 0.25) is 15.8 Å². The average molecular weight is 423 g/mol. The molecule has 0 atom stereocenters. The van der Waals surface area contributed by atoms with Crippen molar-refractivity contribution in [3.8, 4) is 0 Å². The van der Waals surface area contributed by atoms with Crippen LogP contribution in [0.5, 0.6) is 0 Å². The van der Waals surface area contributed by atoms with Crippen LogP contribution in [-0.2, 0) is 10.0 Å². The number of hydrogen-bond acceptors (Lipinski definition) is 6. The van der Waals surface area contributed by atoms with Gasteiger partial charge < -0.3 is 4.90 Å². The summed E-state index contributed by atoms with van der Waals surface area (Å²) in [6, 6.07) is 5.42. The van der Waals surface area contributed by atoms with Crippen LogP contribution in [-0.4, -0.2) is 90.9 Å². The molecule has 3 heterocycles. The van der Waals surface area contributed by atoms with Crippen molar-refractivity contribution in [2.45, 2.75) is 38.6 Å². The minimum Gasteiger partial charge on any atom is -0.301 e. The van der Waals surface area contributed by atoms with Gasteiger partial charge >= 0.3 is 0 Å². The van der Waals surface area contributed by atoms with Crippen molar-refractivity contribution in [3.63, 3.8) is 0 Å². The van der Waals surface area contributed by atoms with Gasteiger partial charge in [0.05, 0.1) is 11.8 Å². The van der Waals surface area contributed by atoms with Crippen molar-refractivity contribution in [1.82, 2.24) is 19.1 Å². The minimum absolute atomic E-state index is 0.0295. The zero-order valence-corrected chi connectivity index (χ0v) is 18.7. The van der Waals surface area contributed by atoms with Gasteiger partial charge in [0, 0.05) is 45.5 Å². The molecular formula is C21H34N4O3S. The highest BCUT2D eigenvalue weighted by Gasteiger charge is 2.48. The third-order valence-electron chi connectivity index (χ3n) is 6.34. The Morgan fingerprint density at radius 1 is 1.10 bits per heavy atom. The number of aromatic nitrogens is 1. The molecule has 2 fully saturated rings. The second-order valence-corrected chi connectivity index (χ2v) is 10.7. The standard InChI is InChI=1S/C21H34N4O3S/c1-18(2)7-11-23-14-16-24(17-15-23)21(20(26)19-6-4-5-10-22-19)8-12-25(13-9-21)29(3,27)28/h4-6,10,18H,7-9,11-17H2,1-3H3. The fraction of sp³-hybridized carbons (Fsp3) is 0.714. The molecule has 0 amide bonds. The molecule has 1 aromatic heterocycles. The number of sulfonamides is 1. The van der Waals surface area contributed by atoms with E-state index in [0.717, 1.165) is 32.7 Å². The minimum atomic E-state index is -3.24. The van der Waals surface area contributed by atoms with Crippen LogP contribution in [0.15, 0.2) is 24.4 Å². The van der Waals surface area contributed by atoms with Gasteiger partial charge in [-0.05, 0) is 43.9 Å². The van der Waals surface area contributed by atoms with Gasteiger partial charge in [-0.2, -0.15) is 0 Å². The number of carbonyl (C=O) groups excluding carboxylic acids is 1. The SMILES string of the molecule is CC(C)CCN1CCN(C2(C(=O)c3ccccn3)CCN(S(C)(=O)=O)CC2)CC1. The summed E-state index contributed by atoms with van der Waals surface area (Å²) in [7, 11) is -3.24. The van der Waals surface area contributed by atoms with Crippen LogP contribution < -0.4 is 0 Å². The van der Waals surface area contributed by atoms with Crippen molar-refractivity contribution in [3.05, 3.63) is 30.1 Å². The Kier molecular flexibility index (Phi) is 7.09.